The Morgan fingerprint density at radius 1 is 0.783 bits per heavy atom. The average molecular weight is 376 g/mol. The molecule has 0 saturated carbocycles. The van der Waals surface area contributed by atoms with Crippen LogP contribution in [0.4, 0.5) is 11.4 Å². The molecule has 2 N–H and O–H groups in total. The SMILES string of the molecule is Cc1cccc(C)c1NCCN(Br)CNc1c(C)cccc1C. The number of benzene rings is 2. The number of anilines is 2. The normalized spacial score (nSPS) is 10.9. The van der Waals surface area contributed by atoms with Crippen LogP contribution in [0.2, 0.25) is 0 Å². The van der Waals surface area contributed by atoms with Gasteiger partial charge in [0.25, 0.3) is 0 Å². The fourth-order valence-corrected chi connectivity index (χ4v) is 3.04. The molecule has 0 atom stereocenters. The predicted octanol–water partition coefficient (Wildman–Crippen LogP) is 5.01. The lowest BCUT2D eigenvalue weighted by molar-refractivity contribution is 0.538. The fourth-order valence-electron chi connectivity index (χ4n) is 2.73. The van der Waals surface area contributed by atoms with Crippen molar-refractivity contribution in [3.8, 4) is 0 Å². The maximum absolute atomic E-state index is 3.63. The van der Waals surface area contributed by atoms with Crippen molar-refractivity contribution in [2.24, 2.45) is 0 Å². The summed E-state index contributed by atoms with van der Waals surface area (Å²) in [6.07, 6.45) is 0. The van der Waals surface area contributed by atoms with Gasteiger partial charge in [-0.25, -0.2) is 3.93 Å². The Morgan fingerprint density at radius 3 is 1.70 bits per heavy atom. The summed E-state index contributed by atoms with van der Waals surface area (Å²) < 4.78 is 2.11. The first kappa shape index (κ1) is 17.8. The van der Waals surface area contributed by atoms with Gasteiger partial charge < -0.3 is 10.6 Å². The van der Waals surface area contributed by atoms with Crippen molar-refractivity contribution in [3.05, 3.63) is 58.7 Å². The minimum Gasteiger partial charge on any atom is -0.383 e. The van der Waals surface area contributed by atoms with Crippen LogP contribution >= 0.6 is 16.1 Å². The topological polar surface area (TPSA) is 27.3 Å². The Balaban J connectivity index is 1.81. The number of hydrogen-bond donors (Lipinski definition) is 2. The standard InChI is InChI=1S/C19H26BrN3/c1-14-7-5-8-15(2)18(14)21-11-12-23(20)13-22-19-16(3)9-6-10-17(19)4/h5-10,21-22H,11-13H2,1-4H3. The van der Waals surface area contributed by atoms with E-state index in [-0.39, 0.29) is 0 Å². The molecule has 23 heavy (non-hydrogen) atoms. The van der Waals surface area contributed by atoms with Gasteiger partial charge in [-0.3, -0.25) is 0 Å². The third-order valence-electron chi connectivity index (χ3n) is 4.05. The summed E-state index contributed by atoms with van der Waals surface area (Å²) in [6, 6.07) is 12.7. The second kappa shape index (κ2) is 8.37. The van der Waals surface area contributed by atoms with E-state index in [4.69, 9.17) is 0 Å². The molecule has 0 aliphatic rings. The highest BCUT2D eigenvalue weighted by Gasteiger charge is 2.05. The molecule has 0 radical (unpaired) electrons. The number of aryl methyl sites for hydroxylation is 4. The number of halogens is 1. The summed E-state index contributed by atoms with van der Waals surface area (Å²) in [5.74, 6) is 0. The van der Waals surface area contributed by atoms with E-state index in [0.717, 1.165) is 19.8 Å². The van der Waals surface area contributed by atoms with Crippen molar-refractivity contribution >= 4 is 27.5 Å². The first-order valence-electron chi connectivity index (χ1n) is 8.00. The molecule has 3 nitrogen and oxygen atoms in total. The van der Waals surface area contributed by atoms with E-state index in [1.807, 2.05) is 0 Å². The van der Waals surface area contributed by atoms with Gasteiger partial charge in [-0.15, -0.1) is 0 Å². The molecule has 0 heterocycles. The molecule has 0 unspecified atom stereocenters. The minimum absolute atomic E-state index is 0.764. The van der Waals surface area contributed by atoms with Gasteiger partial charge in [0.1, 0.15) is 0 Å². The fraction of sp³-hybridized carbons (Fsp3) is 0.368. The molecule has 0 aromatic heterocycles. The highest BCUT2D eigenvalue weighted by Crippen LogP contribution is 2.20. The van der Waals surface area contributed by atoms with Gasteiger partial charge in [0, 0.05) is 40.6 Å². The van der Waals surface area contributed by atoms with Crippen LogP contribution in [0.1, 0.15) is 22.3 Å². The molecule has 0 saturated heterocycles. The van der Waals surface area contributed by atoms with Crippen LogP contribution in [0.3, 0.4) is 0 Å². The lowest BCUT2D eigenvalue weighted by atomic mass is 10.1. The van der Waals surface area contributed by atoms with Gasteiger partial charge in [-0.2, -0.15) is 0 Å². The van der Waals surface area contributed by atoms with Crippen molar-refractivity contribution in [3.63, 3.8) is 0 Å². The van der Waals surface area contributed by atoms with Gasteiger partial charge in [-0.05, 0) is 49.9 Å². The Bertz CT molecular complexity index is 615. The highest BCUT2D eigenvalue weighted by molar-refractivity contribution is 9.07. The van der Waals surface area contributed by atoms with Gasteiger partial charge in [0.15, 0.2) is 0 Å². The van der Waals surface area contributed by atoms with Crippen molar-refractivity contribution in [1.29, 1.82) is 0 Å². The van der Waals surface area contributed by atoms with Crippen molar-refractivity contribution in [2.45, 2.75) is 27.7 Å². The number of nitrogens with zero attached hydrogens (tertiary/aromatic N) is 1. The molecule has 0 spiro atoms. The number of hydrogen-bond acceptors (Lipinski definition) is 3. The molecule has 0 aliphatic heterocycles. The predicted molar refractivity (Wildman–Crippen MR) is 104 cm³/mol. The first-order valence-corrected chi connectivity index (χ1v) is 8.71. The van der Waals surface area contributed by atoms with Gasteiger partial charge >= 0.3 is 0 Å². The summed E-state index contributed by atoms with van der Waals surface area (Å²) in [5.41, 5.74) is 7.61. The number of nitrogens with one attached hydrogen (secondary N) is 2. The van der Waals surface area contributed by atoms with Crippen LogP contribution in [0.15, 0.2) is 36.4 Å². The largest absolute Gasteiger partial charge is 0.383 e. The van der Waals surface area contributed by atoms with E-state index in [0.29, 0.717) is 0 Å². The van der Waals surface area contributed by atoms with Crippen LogP contribution in [0.5, 0.6) is 0 Å². The third-order valence-corrected chi connectivity index (χ3v) is 4.65. The van der Waals surface area contributed by atoms with Gasteiger partial charge in [-0.1, -0.05) is 36.4 Å². The summed E-state index contributed by atoms with van der Waals surface area (Å²) in [6.45, 7) is 11.1. The molecule has 0 bridgehead atoms. The summed E-state index contributed by atoms with van der Waals surface area (Å²) >= 11 is 3.63. The van der Waals surface area contributed by atoms with Crippen LogP contribution in [-0.4, -0.2) is 23.7 Å². The molecule has 124 valence electrons. The maximum atomic E-state index is 3.63. The van der Waals surface area contributed by atoms with E-state index in [9.17, 15) is 0 Å². The Hall–Kier alpha value is -1.52. The van der Waals surface area contributed by atoms with E-state index in [2.05, 4.69) is 94.8 Å². The smallest absolute Gasteiger partial charge is 0.0779 e. The van der Waals surface area contributed by atoms with E-state index in [1.165, 1.54) is 33.6 Å². The number of para-hydroxylation sites is 2. The first-order chi connectivity index (χ1) is 11.0. The van der Waals surface area contributed by atoms with Gasteiger partial charge in [0.2, 0.25) is 0 Å². The summed E-state index contributed by atoms with van der Waals surface area (Å²) in [7, 11) is 0. The minimum atomic E-state index is 0.764. The lowest BCUT2D eigenvalue weighted by Gasteiger charge is -2.19. The monoisotopic (exact) mass is 375 g/mol. The molecule has 2 aromatic carbocycles. The zero-order valence-electron chi connectivity index (χ0n) is 14.4. The molecular weight excluding hydrogens is 350 g/mol. The Morgan fingerprint density at radius 2 is 1.22 bits per heavy atom. The molecule has 0 amide bonds. The van der Waals surface area contributed by atoms with Crippen LogP contribution in [0.25, 0.3) is 0 Å². The van der Waals surface area contributed by atoms with Crippen LogP contribution in [0, 0.1) is 27.7 Å². The highest BCUT2D eigenvalue weighted by atomic mass is 79.9. The van der Waals surface area contributed by atoms with E-state index >= 15 is 0 Å². The summed E-state index contributed by atoms with van der Waals surface area (Å²) in [4.78, 5) is 0. The Labute approximate surface area is 148 Å². The van der Waals surface area contributed by atoms with Crippen molar-refractivity contribution in [2.75, 3.05) is 30.4 Å². The van der Waals surface area contributed by atoms with Gasteiger partial charge in [0.05, 0.1) is 6.67 Å². The van der Waals surface area contributed by atoms with Crippen molar-refractivity contribution < 1.29 is 0 Å². The lowest BCUT2D eigenvalue weighted by Crippen LogP contribution is -2.26. The molecule has 2 rings (SSSR count). The zero-order valence-corrected chi connectivity index (χ0v) is 16.0. The van der Waals surface area contributed by atoms with Crippen LogP contribution < -0.4 is 10.6 Å². The van der Waals surface area contributed by atoms with E-state index < -0.39 is 0 Å². The molecule has 2 aromatic rings. The molecular formula is C19H26BrN3. The third kappa shape index (κ3) is 4.98. The molecule has 4 heteroatoms. The number of rotatable bonds is 7. The molecule has 0 fully saturated rings. The average Bonchev–Trinajstić information content (AvgIpc) is 2.50. The quantitative estimate of drug-likeness (QED) is 0.525. The summed E-state index contributed by atoms with van der Waals surface area (Å²) in [5, 5.41) is 7.04. The van der Waals surface area contributed by atoms with Crippen LogP contribution in [-0.2, 0) is 0 Å². The van der Waals surface area contributed by atoms with E-state index in [1.54, 1.807) is 0 Å². The zero-order chi connectivity index (χ0) is 16.8. The molecule has 0 aliphatic carbocycles. The second-order valence-corrected chi connectivity index (χ2v) is 6.98. The van der Waals surface area contributed by atoms with Crippen molar-refractivity contribution in [1.82, 2.24) is 3.93 Å². The maximum Gasteiger partial charge on any atom is 0.0779 e. The Kier molecular flexibility index (Phi) is 6.48. The second-order valence-electron chi connectivity index (χ2n) is 5.98.